The van der Waals surface area contributed by atoms with Gasteiger partial charge in [-0.3, -0.25) is 4.99 Å². The van der Waals surface area contributed by atoms with Crippen LogP contribution < -0.4 is 0 Å². The predicted octanol–water partition coefficient (Wildman–Crippen LogP) is 5.01. The molecule has 0 aliphatic rings. The Morgan fingerprint density at radius 3 is 2.42 bits per heavy atom. The Balaban J connectivity index is 1.99. The van der Waals surface area contributed by atoms with Gasteiger partial charge in [-0.15, -0.1) is 0 Å². The molecule has 1 aromatic heterocycles. The molecule has 1 N–H and O–H groups in total. The lowest BCUT2D eigenvalue weighted by Gasteiger charge is -1.93. The molecule has 0 radical (unpaired) electrons. The van der Waals surface area contributed by atoms with Gasteiger partial charge in [-0.2, -0.15) is 0 Å². The minimum absolute atomic E-state index is 0.327. The maximum atomic E-state index is 9.87. The first-order chi connectivity index (χ1) is 9.24. The zero-order valence-electron chi connectivity index (χ0n) is 9.88. The molecule has 2 nitrogen and oxygen atoms in total. The summed E-state index contributed by atoms with van der Waals surface area (Å²) in [7, 11) is 0. The van der Waals surface area contributed by atoms with E-state index in [1.807, 2.05) is 36.4 Å². The fourth-order valence-electron chi connectivity index (χ4n) is 1.85. The number of aliphatic imine (C=N–C) groups is 1. The zero-order chi connectivity index (χ0) is 13.2. The van der Waals surface area contributed by atoms with E-state index in [0.717, 1.165) is 21.3 Å². The molecule has 3 aromatic rings. The third-order valence-corrected chi connectivity index (χ3v) is 4.00. The Hall–Kier alpha value is -1.84. The molecule has 2 aromatic carbocycles. The molecule has 0 amide bonds. The van der Waals surface area contributed by atoms with Crippen molar-refractivity contribution in [3.8, 4) is 5.06 Å². The van der Waals surface area contributed by atoms with Gasteiger partial charge in [0, 0.05) is 22.0 Å². The highest BCUT2D eigenvalue weighted by Gasteiger charge is 2.07. The molecule has 4 heteroatoms. The van der Waals surface area contributed by atoms with Crippen molar-refractivity contribution in [3.63, 3.8) is 0 Å². The fraction of sp³-hybridized carbons (Fsp3) is 0. The summed E-state index contributed by atoms with van der Waals surface area (Å²) >= 11 is 7.16. The SMILES string of the molecule is Oc1sc(C=Nc2ccc(Cl)cc2)c2ccccc12. The van der Waals surface area contributed by atoms with Crippen LogP contribution in [0.1, 0.15) is 4.88 Å². The minimum atomic E-state index is 0.327. The molecule has 0 aliphatic carbocycles. The van der Waals surface area contributed by atoms with Crippen LogP contribution in [0.15, 0.2) is 53.5 Å². The summed E-state index contributed by atoms with van der Waals surface area (Å²) in [6.07, 6.45) is 1.77. The summed E-state index contributed by atoms with van der Waals surface area (Å²) in [6, 6.07) is 15.1. The van der Waals surface area contributed by atoms with E-state index in [1.165, 1.54) is 11.3 Å². The van der Waals surface area contributed by atoms with Crippen molar-refractivity contribution in [1.29, 1.82) is 0 Å². The van der Waals surface area contributed by atoms with E-state index in [1.54, 1.807) is 18.3 Å². The van der Waals surface area contributed by atoms with Gasteiger partial charge in [-0.25, -0.2) is 0 Å². The van der Waals surface area contributed by atoms with Crippen LogP contribution in [0.25, 0.3) is 10.8 Å². The summed E-state index contributed by atoms with van der Waals surface area (Å²) in [5, 5.41) is 12.8. The highest BCUT2D eigenvalue weighted by molar-refractivity contribution is 7.17. The number of nitrogens with zero attached hydrogens (tertiary/aromatic N) is 1. The molecule has 0 atom stereocenters. The average Bonchev–Trinajstić information content (AvgIpc) is 2.76. The lowest BCUT2D eigenvalue weighted by Crippen LogP contribution is -1.75. The molecule has 0 bridgehead atoms. The van der Waals surface area contributed by atoms with Gasteiger partial charge in [0.15, 0.2) is 5.06 Å². The standard InChI is InChI=1S/C15H10ClNOS/c16-10-5-7-11(8-6-10)17-9-14-12-3-1-2-4-13(12)15(18)19-14/h1-9,18H. The Kier molecular flexibility index (Phi) is 3.23. The summed E-state index contributed by atoms with van der Waals surface area (Å²) in [6.45, 7) is 0. The van der Waals surface area contributed by atoms with Crippen LogP contribution in [0.2, 0.25) is 5.02 Å². The zero-order valence-corrected chi connectivity index (χ0v) is 11.4. The van der Waals surface area contributed by atoms with Crippen LogP contribution in [0.3, 0.4) is 0 Å². The van der Waals surface area contributed by atoms with E-state index in [4.69, 9.17) is 11.6 Å². The van der Waals surface area contributed by atoms with Gasteiger partial charge in [0.25, 0.3) is 0 Å². The van der Waals surface area contributed by atoms with Crippen LogP contribution >= 0.6 is 22.9 Å². The predicted molar refractivity (Wildman–Crippen MR) is 82.2 cm³/mol. The van der Waals surface area contributed by atoms with Crippen LogP contribution in [0.5, 0.6) is 5.06 Å². The smallest absolute Gasteiger partial charge is 0.179 e. The molecule has 19 heavy (non-hydrogen) atoms. The third-order valence-electron chi connectivity index (χ3n) is 2.79. The second-order valence-electron chi connectivity index (χ2n) is 4.05. The van der Waals surface area contributed by atoms with Crippen LogP contribution in [-0.2, 0) is 0 Å². The molecule has 3 rings (SSSR count). The van der Waals surface area contributed by atoms with Gasteiger partial charge in [0.05, 0.1) is 10.6 Å². The average molecular weight is 288 g/mol. The van der Waals surface area contributed by atoms with Crippen molar-refractivity contribution >= 4 is 45.6 Å². The van der Waals surface area contributed by atoms with E-state index in [9.17, 15) is 5.11 Å². The molecule has 0 fully saturated rings. The molecule has 0 unspecified atom stereocenters. The van der Waals surface area contributed by atoms with E-state index < -0.39 is 0 Å². The normalized spacial score (nSPS) is 11.4. The summed E-state index contributed by atoms with van der Waals surface area (Å²) in [5.74, 6) is 0. The maximum Gasteiger partial charge on any atom is 0.179 e. The summed E-state index contributed by atoms with van der Waals surface area (Å²) in [4.78, 5) is 5.34. The second-order valence-corrected chi connectivity index (χ2v) is 5.52. The highest BCUT2D eigenvalue weighted by atomic mass is 35.5. The van der Waals surface area contributed by atoms with Gasteiger partial charge >= 0.3 is 0 Å². The Morgan fingerprint density at radius 1 is 1.00 bits per heavy atom. The molecule has 0 aliphatic heterocycles. The van der Waals surface area contributed by atoms with Crippen molar-refractivity contribution in [2.45, 2.75) is 0 Å². The van der Waals surface area contributed by atoms with Gasteiger partial charge in [-0.1, -0.05) is 41.1 Å². The summed E-state index contributed by atoms with van der Waals surface area (Å²) in [5.41, 5.74) is 0.835. The Morgan fingerprint density at radius 2 is 1.68 bits per heavy atom. The monoisotopic (exact) mass is 287 g/mol. The van der Waals surface area contributed by atoms with Crippen molar-refractivity contribution in [2.75, 3.05) is 0 Å². The van der Waals surface area contributed by atoms with E-state index in [0.29, 0.717) is 10.1 Å². The number of rotatable bonds is 2. The lowest BCUT2D eigenvalue weighted by atomic mass is 10.2. The minimum Gasteiger partial charge on any atom is -0.499 e. The van der Waals surface area contributed by atoms with Gasteiger partial charge in [0.1, 0.15) is 0 Å². The topological polar surface area (TPSA) is 32.6 Å². The largest absolute Gasteiger partial charge is 0.499 e. The van der Waals surface area contributed by atoms with E-state index in [-0.39, 0.29) is 0 Å². The van der Waals surface area contributed by atoms with Crippen LogP contribution in [0.4, 0.5) is 5.69 Å². The molecule has 1 heterocycles. The first kappa shape index (κ1) is 12.2. The number of benzene rings is 2. The molecular weight excluding hydrogens is 278 g/mol. The number of hydrogen-bond acceptors (Lipinski definition) is 3. The fourth-order valence-corrected chi connectivity index (χ4v) is 2.87. The number of hydrogen-bond donors (Lipinski definition) is 1. The number of aromatic hydroxyl groups is 1. The van der Waals surface area contributed by atoms with Crippen molar-refractivity contribution < 1.29 is 5.11 Å². The first-order valence-electron chi connectivity index (χ1n) is 5.74. The number of thiophene rings is 1. The number of fused-ring (bicyclic) bond motifs is 1. The first-order valence-corrected chi connectivity index (χ1v) is 6.93. The van der Waals surface area contributed by atoms with Gasteiger partial charge in [0.2, 0.25) is 0 Å². The van der Waals surface area contributed by atoms with Gasteiger partial charge in [-0.05, 0) is 30.3 Å². The van der Waals surface area contributed by atoms with Crippen molar-refractivity contribution in [3.05, 3.63) is 58.4 Å². The van der Waals surface area contributed by atoms with Crippen molar-refractivity contribution in [2.24, 2.45) is 4.99 Å². The lowest BCUT2D eigenvalue weighted by molar-refractivity contribution is 0.496. The second kappa shape index (κ2) is 5.03. The molecule has 0 spiro atoms. The Bertz CT molecular complexity index is 746. The third kappa shape index (κ3) is 2.48. The van der Waals surface area contributed by atoms with Gasteiger partial charge < -0.3 is 5.11 Å². The molecular formula is C15H10ClNOS. The van der Waals surface area contributed by atoms with Crippen LogP contribution in [-0.4, -0.2) is 11.3 Å². The Labute approximate surface area is 119 Å². The van der Waals surface area contributed by atoms with E-state index >= 15 is 0 Å². The maximum absolute atomic E-state index is 9.87. The van der Waals surface area contributed by atoms with E-state index in [2.05, 4.69) is 4.99 Å². The van der Waals surface area contributed by atoms with Crippen molar-refractivity contribution in [1.82, 2.24) is 0 Å². The quantitative estimate of drug-likeness (QED) is 0.660. The molecule has 0 saturated carbocycles. The number of halogens is 1. The highest BCUT2D eigenvalue weighted by Crippen LogP contribution is 2.35. The van der Waals surface area contributed by atoms with Crippen LogP contribution in [0, 0.1) is 0 Å². The molecule has 0 saturated heterocycles. The molecule has 94 valence electrons. The summed E-state index contributed by atoms with van der Waals surface area (Å²) < 4.78 is 0.